The smallest absolute Gasteiger partial charge is 0.338 e. The summed E-state index contributed by atoms with van der Waals surface area (Å²) in [6, 6.07) is 1.62. The number of hydrogen-bond acceptors (Lipinski definition) is 4. The quantitative estimate of drug-likeness (QED) is 0.746. The fourth-order valence-electron chi connectivity index (χ4n) is 2.37. The van der Waals surface area contributed by atoms with Crippen molar-refractivity contribution in [1.29, 1.82) is 0 Å². The lowest BCUT2D eigenvalue weighted by molar-refractivity contribution is 0.0698. The van der Waals surface area contributed by atoms with Crippen molar-refractivity contribution in [3.05, 3.63) is 17.3 Å². The van der Waals surface area contributed by atoms with E-state index in [1.807, 2.05) is 0 Å². The van der Waals surface area contributed by atoms with Crippen LogP contribution in [0.4, 0.5) is 11.5 Å². The Balaban J connectivity index is 2.46. The number of carboxylic acids is 1. The van der Waals surface area contributed by atoms with Crippen LogP contribution in [0.3, 0.4) is 0 Å². The number of hydrogen-bond donors (Lipinski definition) is 3. The number of nitrogen functional groups attached to an aromatic ring is 1. The summed E-state index contributed by atoms with van der Waals surface area (Å²) in [5.41, 5.74) is 6.96. The molecule has 0 atom stereocenters. The fraction of sp³-hybridized carbons (Fsp3) is 0.500. The van der Waals surface area contributed by atoms with Crippen molar-refractivity contribution in [3.63, 3.8) is 0 Å². The maximum atomic E-state index is 11.1. The third kappa shape index (κ3) is 2.18. The van der Waals surface area contributed by atoms with E-state index in [-0.39, 0.29) is 11.3 Å². The van der Waals surface area contributed by atoms with Crippen molar-refractivity contribution >= 4 is 17.5 Å². The van der Waals surface area contributed by atoms with E-state index in [4.69, 9.17) is 10.8 Å². The molecule has 5 nitrogen and oxygen atoms in total. The van der Waals surface area contributed by atoms with Crippen LogP contribution in [-0.4, -0.2) is 23.1 Å². The molecule has 5 heteroatoms. The molecular weight excluding hydrogens is 218 g/mol. The average Bonchev–Trinajstić information content (AvgIpc) is 2.82. The summed E-state index contributed by atoms with van der Waals surface area (Å²) in [7, 11) is 1.70. The van der Waals surface area contributed by atoms with Crippen LogP contribution >= 0.6 is 0 Å². The molecule has 1 heterocycles. The van der Waals surface area contributed by atoms with Gasteiger partial charge in [-0.1, -0.05) is 12.8 Å². The molecule has 0 radical (unpaired) electrons. The zero-order valence-corrected chi connectivity index (χ0v) is 9.86. The van der Waals surface area contributed by atoms with Gasteiger partial charge in [0.1, 0.15) is 5.82 Å². The van der Waals surface area contributed by atoms with E-state index in [2.05, 4.69) is 10.3 Å². The van der Waals surface area contributed by atoms with Gasteiger partial charge in [0.2, 0.25) is 0 Å². The fourth-order valence-corrected chi connectivity index (χ4v) is 2.37. The first-order chi connectivity index (χ1) is 8.13. The molecule has 92 valence electrons. The highest BCUT2D eigenvalue weighted by molar-refractivity contribution is 5.96. The summed E-state index contributed by atoms with van der Waals surface area (Å²) in [6.07, 6.45) is 4.54. The van der Waals surface area contributed by atoms with Gasteiger partial charge in [0.15, 0.2) is 0 Å². The Morgan fingerprint density at radius 2 is 2.18 bits per heavy atom. The van der Waals surface area contributed by atoms with Crippen molar-refractivity contribution in [1.82, 2.24) is 4.98 Å². The van der Waals surface area contributed by atoms with E-state index < -0.39 is 5.97 Å². The lowest BCUT2D eigenvalue weighted by atomic mass is 10.0. The Kier molecular flexibility index (Phi) is 3.17. The van der Waals surface area contributed by atoms with Gasteiger partial charge in [-0.25, -0.2) is 9.78 Å². The molecule has 4 N–H and O–H groups in total. The van der Waals surface area contributed by atoms with Gasteiger partial charge in [-0.15, -0.1) is 0 Å². The van der Waals surface area contributed by atoms with Crippen LogP contribution < -0.4 is 11.1 Å². The number of aromatic nitrogens is 1. The monoisotopic (exact) mass is 235 g/mol. The van der Waals surface area contributed by atoms with E-state index in [0.29, 0.717) is 11.7 Å². The predicted octanol–water partition coefficient (Wildman–Crippen LogP) is 2.06. The summed E-state index contributed by atoms with van der Waals surface area (Å²) in [6.45, 7) is 0. The molecule has 0 spiro atoms. The second-order valence-corrected chi connectivity index (χ2v) is 4.39. The van der Waals surface area contributed by atoms with Crippen molar-refractivity contribution in [2.24, 2.45) is 0 Å². The molecule has 0 aromatic carbocycles. The molecule has 1 fully saturated rings. The number of nitrogens with zero attached hydrogens (tertiary/aromatic N) is 1. The third-order valence-electron chi connectivity index (χ3n) is 3.32. The maximum Gasteiger partial charge on any atom is 0.338 e. The van der Waals surface area contributed by atoms with E-state index in [1.165, 1.54) is 12.8 Å². The molecule has 0 aliphatic heterocycles. The summed E-state index contributed by atoms with van der Waals surface area (Å²) in [5.74, 6) is -0.159. The first-order valence-electron chi connectivity index (χ1n) is 5.85. The van der Waals surface area contributed by atoms with E-state index in [1.54, 1.807) is 13.1 Å². The minimum Gasteiger partial charge on any atom is -0.478 e. The molecule has 1 aliphatic carbocycles. The molecule has 0 bridgehead atoms. The number of nitrogens with one attached hydrogen (secondary N) is 1. The van der Waals surface area contributed by atoms with Crippen LogP contribution in [0.5, 0.6) is 0 Å². The molecular formula is C12H17N3O2. The Hall–Kier alpha value is -1.78. The number of pyridine rings is 1. The number of nitrogens with two attached hydrogens (primary N) is 1. The first-order valence-corrected chi connectivity index (χ1v) is 5.85. The van der Waals surface area contributed by atoms with Crippen molar-refractivity contribution in [2.75, 3.05) is 18.1 Å². The third-order valence-corrected chi connectivity index (χ3v) is 3.32. The highest BCUT2D eigenvalue weighted by atomic mass is 16.4. The van der Waals surface area contributed by atoms with Gasteiger partial charge in [0.25, 0.3) is 0 Å². The number of carboxylic acid groups (broad SMARTS) is 1. The van der Waals surface area contributed by atoms with Gasteiger partial charge in [-0.2, -0.15) is 0 Å². The summed E-state index contributed by atoms with van der Waals surface area (Å²) < 4.78 is 0. The zero-order chi connectivity index (χ0) is 12.4. The van der Waals surface area contributed by atoms with Crippen LogP contribution in [0, 0.1) is 0 Å². The van der Waals surface area contributed by atoms with Gasteiger partial charge < -0.3 is 16.2 Å². The Morgan fingerprint density at radius 1 is 1.53 bits per heavy atom. The highest BCUT2D eigenvalue weighted by Gasteiger charge is 2.22. The standard InChI is InChI=1S/C12H17N3O2/c1-14-11-10(13)8(12(16)17)6-9(15-11)7-4-2-3-5-7/h6-7H,2-5,13H2,1H3,(H,14,15)(H,16,17). The van der Waals surface area contributed by atoms with Gasteiger partial charge >= 0.3 is 5.97 Å². The van der Waals surface area contributed by atoms with Crippen LogP contribution in [0.15, 0.2) is 6.07 Å². The summed E-state index contributed by atoms with van der Waals surface area (Å²) in [5, 5.41) is 12.0. The lowest BCUT2D eigenvalue weighted by Crippen LogP contribution is -2.10. The predicted molar refractivity (Wildman–Crippen MR) is 66.4 cm³/mol. The molecule has 0 saturated heterocycles. The summed E-state index contributed by atoms with van der Waals surface area (Å²) in [4.78, 5) is 15.5. The SMILES string of the molecule is CNc1nc(C2CCCC2)cc(C(=O)O)c1N. The molecule has 17 heavy (non-hydrogen) atoms. The number of rotatable bonds is 3. The number of anilines is 2. The molecule has 1 aromatic rings. The minimum absolute atomic E-state index is 0.145. The second kappa shape index (κ2) is 4.61. The average molecular weight is 235 g/mol. The maximum absolute atomic E-state index is 11.1. The van der Waals surface area contributed by atoms with E-state index >= 15 is 0 Å². The zero-order valence-electron chi connectivity index (χ0n) is 9.86. The topological polar surface area (TPSA) is 88.2 Å². The molecule has 1 aliphatic rings. The Bertz CT molecular complexity index is 440. The Morgan fingerprint density at radius 3 is 2.71 bits per heavy atom. The number of carbonyl (C=O) groups is 1. The molecule has 1 aromatic heterocycles. The van der Waals surface area contributed by atoms with Crippen LogP contribution in [-0.2, 0) is 0 Å². The van der Waals surface area contributed by atoms with Gasteiger partial charge in [-0.3, -0.25) is 0 Å². The minimum atomic E-state index is -0.999. The molecule has 1 saturated carbocycles. The van der Waals surface area contributed by atoms with E-state index in [9.17, 15) is 4.79 Å². The highest BCUT2D eigenvalue weighted by Crippen LogP contribution is 2.35. The van der Waals surface area contributed by atoms with Crippen molar-refractivity contribution in [2.45, 2.75) is 31.6 Å². The van der Waals surface area contributed by atoms with Crippen LogP contribution in [0.25, 0.3) is 0 Å². The van der Waals surface area contributed by atoms with E-state index in [0.717, 1.165) is 18.5 Å². The lowest BCUT2D eigenvalue weighted by Gasteiger charge is -2.14. The first kappa shape index (κ1) is 11.7. The van der Waals surface area contributed by atoms with Crippen LogP contribution in [0.2, 0.25) is 0 Å². The van der Waals surface area contributed by atoms with Gasteiger partial charge in [0, 0.05) is 18.7 Å². The molecule has 0 unspecified atom stereocenters. The van der Waals surface area contributed by atoms with Gasteiger partial charge in [0.05, 0.1) is 11.3 Å². The second-order valence-electron chi connectivity index (χ2n) is 4.39. The molecule has 2 rings (SSSR count). The molecule has 0 amide bonds. The van der Waals surface area contributed by atoms with Gasteiger partial charge in [-0.05, 0) is 18.9 Å². The Labute approximate surface area is 100 Å². The van der Waals surface area contributed by atoms with Crippen LogP contribution in [0.1, 0.15) is 47.7 Å². The number of aromatic carboxylic acids is 1. The summed E-state index contributed by atoms with van der Waals surface area (Å²) >= 11 is 0. The van der Waals surface area contributed by atoms with Crippen molar-refractivity contribution in [3.8, 4) is 0 Å². The normalized spacial score (nSPS) is 16.1. The largest absolute Gasteiger partial charge is 0.478 e. The van der Waals surface area contributed by atoms with Crippen molar-refractivity contribution < 1.29 is 9.90 Å².